The number of morpholine rings is 1. The highest BCUT2D eigenvalue weighted by Gasteiger charge is 2.28. The van der Waals surface area contributed by atoms with E-state index in [0.717, 1.165) is 13.1 Å². The van der Waals surface area contributed by atoms with E-state index in [4.69, 9.17) is 10.5 Å². The third-order valence-corrected chi connectivity index (χ3v) is 3.22. The Bertz CT molecular complexity index is 355. The van der Waals surface area contributed by atoms with Crippen molar-refractivity contribution in [2.24, 2.45) is 12.8 Å². The smallest absolute Gasteiger partial charge is 0.0678 e. The molecule has 5 nitrogen and oxygen atoms in total. The van der Waals surface area contributed by atoms with Gasteiger partial charge in [-0.1, -0.05) is 0 Å². The first kappa shape index (κ1) is 12.5. The molecule has 0 radical (unpaired) electrons. The second-order valence-electron chi connectivity index (χ2n) is 4.91. The average Bonchev–Trinajstić information content (AvgIpc) is 2.64. The zero-order valence-electron chi connectivity index (χ0n) is 10.8. The van der Waals surface area contributed by atoms with Gasteiger partial charge < -0.3 is 10.5 Å². The molecule has 1 aliphatic heterocycles. The van der Waals surface area contributed by atoms with Gasteiger partial charge in [0.25, 0.3) is 0 Å². The largest absolute Gasteiger partial charge is 0.373 e. The molecule has 0 aliphatic carbocycles. The van der Waals surface area contributed by atoms with Gasteiger partial charge in [0.05, 0.1) is 24.4 Å². The molecular weight excluding hydrogens is 216 g/mol. The van der Waals surface area contributed by atoms with E-state index in [1.54, 1.807) is 0 Å². The number of nitrogens with zero attached hydrogens (tertiary/aromatic N) is 3. The molecule has 2 N–H and O–H groups in total. The van der Waals surface area contributed by atoms with Gasteiger partial charge in [-0.15, -0.1) is 0 Å². The Morgan fingerprint density at radius 3 is 2.59 bits per heavy atom. The maximum atomic E-state index is 5.92. The number of aryl methyl sites for hydroxylation is 1. The summed E-state index contributed by atoms with van der Waals surface area (Å²) in [7, 11) is 1.93. The molecule has 1 saturated heterocycles. The van der Waals surface area contributed by atoms with Gasteiger partial charge in [0, 0.05) is 38.4 Å². The van der Waals surface area contributed by atoms with Crippen LogP contribution in [0.15, 0.2) is 12.4 Å². The standard InChI is InChI=1S/C12H22N4O/c1-9-6-16(7-10(2)17-9)12(4-13)11-5-14-15(3)8-11/h5,8-10,12H,4,6-7,13H2,1-3H3/t9-,10+,12?. The van der Waals surface area contributed by atoms with Crippen LogP contribution in [0.5, 0.6) is 0 Å². The third-order valence-electron chi connectivity index (χ3n) is 3.22. The van der Waals surface area contributed by atoms with Gasteiger partial charge in [-0.3, -0.25) is 9.58 Å². The van der Waals surface area contributed by atoms with Crippen molar-refractivity contribution in [3.05, 3.63) is 18.0 Å². The van der Waals surface area contributed by atoms with Crippen molar-refractivity contribution < 1.29 is 4.74 Å². The molecule has 3 atom stereocenters. The maximum absolute atomic E-state index is 5.92. The van der Waals surface area contributed by atoms with Crippen LogP contribution in [0.3, 0.4) is 0 Å². The van der Waals surface area contributed by atoms with Crippen LogP contribution in [-0.2, 0) is 11.8 Å². The first-order valence-electron chi connectivity index (χ1n) is 6.18. The number of nitrogens with two attached hydrogens (primary N) is 1. The zero-order valence-corrected chi connectivity index (χ0v) is 10.8. The fourth-order valence-corrected chi connectivity index (χ4v) is 2.58. The molecule has 1 aromatic rings. The molecule has 0 saturated carbocycles. The average molecular weight is 238 g/mol. The lowest BCUT2D eigenvalue weighted by Crippen LogP contribution is -2.48. The third kappa shape index (κ3) is 2.86. The summed E-state index contributed by atoms with van der Waals surface area (Å²) in [5, 5.41) is 4.22. The van der Waals surface area contributed by atoms with E-state index in [1.165, 1.54) is 5.56 Å². The summed E-state index contributed by atoms with van der Waals surface area (Å²) in [4.78, 5) is 2.40. The van der Waals surface area contributed by atoms with Gasteiger partial charge in [-0.05, 0) is 13.8 Å². The molecular formula is C12H22N4O. The minimum Gasteiger partial charge on any atom is -0.373 e. The van der Waals surface area contributed by atoms with Crippen molar-refractivity contribution in [1.29, 1.82) is 0 Å². The number of hydrogen-bond acceptors (Lipinski definition) is 4. The molecule has 2 heterocycles. The minimum atomic E-state index is 0.248. The Balaban J connectivity index is 2.12. The molecule has 0 amide bonds. The summed E-state index contributed by atoms with van der Waals surface area (Å²) < 4.78 is 7.57. The summed E-state index contributed by atoms with van der Waals surface area (Å²) in [6.07, 6.45) is 4.49. The van der Waals surface area contributed by atoms with Crippen LogP contribution in [0.4, 0.5) is 0 Å². The molecule has 5 heteroatoms. The normalized spacial score (nSPS) is 28.2. The lowest BCUT2D eigenvalue weighted by Gasteiger charge is -2.39. The highest BCUT2D eigenvalue weighted by atomic mass is 16.5. The van der Waals surface area contributed by atoms with Crippen molar-refractivity contribution in [2.45, 2.75) is 32.1 Å². The van der Waals surface area contributed by atoms with Gasteiger partial charge in [0.15, 0.2) is 0 Å². The topological polar surface area (TPSA) is 56.3 Å². The molecule has 0 aromatic carbocycles. The lowest BCUT2D eigenvalue weighted by atomic mass is 10.1. The van der Waals surface area contributed by atoms with Crippen molar-refractivity contribution in [3.8, 4) is 0 Å². The fourth-order valence-electron chi connectivity index (χ4n) is 2.58. The van der Waals surface area contributed by atoms with E-state index >= 15 is 0 Å². The molecule has 1 unspecified atom stereocenters. The SMILES string of the molecule is C[C@@H]1CN(C(CN)c2cnn(C)c2)C[C@H](C)O1. The second-order valence-corrected chi connectivity index (χ2v) is 4.91. The van der Waals surface area contributed by atoms with E-state index in [-0.39, 0.29) is 18.2 Å². The maximum Gasteiger partial charge on any atom is 0.0678 e. The predicted octanol–water partition coefficient (Wildman–Crippen LogP) is 0.529. The van der Waals surface area contributed by atoms with Crippen molar-refractivity contribution in [3.63, 3.8) is 0 Å². The molecule has 1 fully saturated rings. The first-order valence-corrected chi connectivity index (χ1v) is 6.18. The van der Waals surface area contributed by atoms with Crippen LogP contribution in [0.25, 0.3) is 0 Å². The second kappa shape index (κ2) is 5.16. The van der Waals surface area contributed by atoms with Gasteiger partial charge >= 0.3 is 0 Å². The number of rotatable bonds is 3. The minimum absolute atomic E-state index is 0.248. The molecule has 2 rings (SSSR count). The highest BCUT2D eigenvalue weighted by molar-refractivity contribution is 5.11. The van der Waals surface area contributed by atoms with E-state index in [0.29, 0.717) is 6.54 Å². The van der Waals surface area contributed by atoms with Crippen LogP contribution in [-0.4, -0.2) is 46.5 Å². The van der Waals surface area contributed by atoms with Gasteiger partial charge in [0.2, 0.25) is 0 Å². The van der Waals surface area contributed by atoms with E-state index in [2.05, 4.69) is 23.8 Å². The molecule has 1 aromatic heterocycles. The number of hydrogen-bond donors (Lipinski definition) is 1. The van der Waals surface area contributed by atoms with Gasteiger partial charge in [-0.25, -0.2) is 0 Å². The summed E-state index contributed by atoms with van der Waals surface area (Å²) in [5.74, 6) is 0. The Morgan fingerprint density at radius 1 is 1.47 bits per heavy atom. The van der Waals surface area contributed by atoms with E-state index in [9.17, 15) is 0 Å². The summed E-state index contributed by atoms with van der Waals surface area (Å²) >= 11 is 0. The predicted molar refractivity (Wildman–Crippen MR) is 66.6 cm³/mol. The van der Waals surface area contributed by atoms with Crippen LogP contribution in [0.1, 0.15) is 25.5 Å². The lowest BCUT2D eigenvalue weighted by molar-refractivity contribution is -0.0799. The van der Waals surface area contributed by atoms with Gasteiger partial charge in [0.1, 0.15) is 0 Å². The Hall–Kier alpha value is -0.910. The molecule has 96 valence electrons. The highest BCUT2D eigenvalue weighted by Crippen LogP contribution is 2.23. The Labute approximate surface area is 103 Å². The van der Waals surface area contributed by atoms with E-state index < -0.39 is 0 Å². The zero-order chi connectivity index (χ0) is 12.4. The van der Waals surface area contributed by atoms with Crippen molar-refractivity contribution in [1.82, 2.24) is 14.7 Å². The summed E-state index contributed by atoms with van der Waals surface area (Å²) in [6, 6.07) is 0.248. The monoisotopic (exact) mass is 238 g/mol. The van der Waals surface area contributed by atoms with Crippen LogP contribution >= 0.6 is 0 Å². The Morgan fingerprint density at radius 2 is 2.12 bits per heavy atom. The Kier molecular flexibility index (Phi) is 3.81. The first-order chi connectivity index (χ1) is 8.10. The quantitative estimate of drug-likeness (QED) is 0.834. The summed E-state index contributed by atoms with van der Waals surface area (Å²) in [5.41, 5.74) is 7.11. The molecule has 0 spiro atoms. The molecule has 17 heavy (non-hydrogen) atoms. The number of ether oxygens (including phenoxy) is 1. The summed E-state index contributed by atoms with van der Waals surface area (Å²) in [6.45, 7) is 6.70. The fraction of sp³-hybridized carbons (Fsp3) is 0.750. The van der Waals surface area contributed by atoms with Gasteiger partial charge in [-0.2, -0.15) is 5.10 Å². The van der Waals surface area contributed by atoms with E-state index in [1.807, 2.05) is 24.1 Å². The van der Waals surface area contributed by atoms with Crippen molar-refractivity contribution in [2.75, 3.05) is 19.6 Å². The molecule has 0 bridgehead atoms. The van der Waals surface area contributed by atoms with Crippen LogP contribution in [0, 0.1) is 0 Å². The number of aromatic nitrogens is 2. The molecule has 1 aliphatic rings. The van der Waals surface area contributed by atoms with Crippen LogP contribution in [0.2, 0.25) is 0 Å². The van der Waals surface area contributed by atoms with Crippen LogP contribution < -0.4 is 5.73 Å². The van der Waals surface area contributed by atoms with Crippen molar-refractivity contribution >= 4 is 0 Å².